The molecular weight excluding hydrogens is 967 g/mol. The van der Waals surface area contributed by atoms with Gasteiger partial charge in [-0.25, -0.2) is 29.5 Å². The van der Waals surface area contributed by atoms with Crippen molar-refractivity contribution in [1.29, 1.82) is 0 Å². The fourth-order valence-corrected chi connectivity index (χ4v) is 6.93. The number of ether oxygens (including phenoxy) is 2. The lowest BCUT2D eigenvalue weighted by Gasteiger charge is -2.20. The fraction of sp³-hybridized carbons (Fsp3) is 0.174. The van der Waals surface area contributed by atoms with Crippen molar-refractivity contribution in [3.63, 3.8) is 0 Å². The van der Waals surface area contributed by atoms with Gasteiger partial charge in [0, 0.05) is 75.3 Å². The van der Waals surface area contributed by atoms with Gasteiger partial charge in [-0.3, -0.25) is 29.4 Å². The highest BCUT2D eigenvalue weighted by Gasteiger charge is 2.19. The third kappa shape index (κ3) is 12.1. The van der Waals surface area contributed by atoms with Gasteiger partial charge in [0.05, 0.1) is 14.9 Å². The lowest BCUT2D eigenvalue weighted by molar-refractivity contribution is 0.0624. The molecule has 0 aliphatic rings. The summed E-state index contributed by atoms with van der Waals surface area (Å²) < 4.78 is 15.0. The summed E-state index contributed by atoms with van der Waals surface area (Å²) in [7, 11) is 0. The summed E-state index contributed by atoms with van der Waals surface area (Å²) in [6.07, 6.45) is 8.86. The van der Waals surface area contributed by atoms with Crippen molar-refractivity contribution in [2.75, 3.05) is 10.6 Å². The molecule has 0 saturated carbocycles. The van der Waals surface area contributed by atoms with E-state index in [1.165, 1.54) is 9.13 Å². The zero-order valence-corrected chi connectivity index (χ0v) is 38.3. The molecule has 7 aromatic rings. The Morgan fingerprint density at radius 3 is 1.50 bits per heavy atom. The Morgan fingerprint density at radius 1 is 0.581 bits per heavy atom. The van der Waals surface area contributed by atoms with Crippen molar-refractivity contribution in [3.05, 3.63) is 163 Å². The van der Waals surface area contributed by atoms with E-state index in [1.54, 1.807) is 152 Å². The largest absolute Gasteiger partial charge is 0.444 e. The van der Waals surface area contributed by atoms with Gasteiger partial charge in [-0.15, -0.1) is 0 Å². The summed E-state index contributed by atoms with van der Waals surface area (Å²) in [6, 6.07) is 28.5. The lowest BCUT2D eigenvalue weighted by Crippen LogP contribution is -2.27. The summed E-state index contributed by atoms with van der Waals surface area (Å²) in [5.41, 5.74) is 3.22. The number of carbonyl (C=O) groups excluding carboxylic acids is 2. The first kappa shape index (κ1) is 45.0. The molecule has 0 spiro atoms. The Bertz CT molecular complexity index is 2840. The normalized spacial score (nSPS) is 11.2. The predicted octanol–water partition coefficient (Wildman–Crippen LogP) is 10.3. The van der Waals surface area contributed by atoms with Crippen LogP contribution in [0.2, 0.25) is 0 Å². The smallest absolute Gasteiger partial charge is 0.412 e. The second-order valence-corrected chi connectivity index (χ2v) is 17.6. The van der Waals surface area contributed by atoms with E-state index in [0.717, 1.165) is 15.6 Å². The van der Waals surface area contributed by atoms with Crippen LogP contribution in [-0.2, 0) is 9.47 Å². The summed E-state index contributed by atoms with van der Waals surface area (Å²) >= 11 is 5.54. The molecule has 3 aromatic carbocycles. The molecule has 7 rings (SSSR count). The Labute approximate surface area is 379 Å². The molecule has 2 N–H and O–H groups in total. The fourth-order valence-electron chi connectivity index (χ4n) is 5.84. The highest BCUT2D eigenvalue weighted by Crippen LogP contribution is 2.29. The first-order chi connectivity index (χ1) is 29.4. The molecule has 0 bridgehead atoms. The number of halogens is 2. The van der Waals surface area contributed by atoms with Gasteiger partial charge in [0.2, 0.25) is 0 Å². The van der Waals surface area contributed by atoms with Crippen molar-refractivity contribution in [1.82, 2.24) is 29.1 Å². The summed E-state index contributed by atoms with van der Waals surface area (Å²) in [6.45, 7) is 10.8. The van der Waals surface area contributed by atoms with Crippen LogP contribution in [0, 0.1) is 3.57 Å². The van der Waals surface area contributed by atoms with Gasteiger partial charge in [0.25, 0.3) is 11.1 Å². The van der Waals surface area contributed by atoms with E-state index in [2.05, 4.69) is 46.5 Å². The molecule has 0 radical (unpaired) electrons. The molecule has 0 aliphatic carbocycles. The lowest BCUT2D eigenvalue weighted by atomic mass is 10.0. The van der Waals surface area contributed by atoms with Gasteiger partial charge in [0.1, 0.15) is 11.2 Å². The van der Waals surface area contributed by atoms with Crippen molar-refractivity contribution < 1.29 is 19.1 Å². The molecule has 4 heterocycles. The minimum Gasteiger partial charge on any atom is -0.444 e. The van der Waals surface area contributed by atoms with Crippen LogP contribution < -0.4 is 21.8 Å². The number of aromatic nitrogens is 6. The second kappa shape index (κ2) is 19.5. The number of benzene rings is 3. The maximum Gasteiger partial charge on any atom is 0.412 e. The standard InChI is InChI=1S/C26H23BrN4O3.C20H19IN4O3/c1-26(2,3)34-25(33)30-18-8-6-9-19(15-18)31-16-17(23-28-12-7-13-29-23)14-21(24(31)32)20-10-4-5-11-22(20)27;1-20(2,3)28-19(27)24-14-6-4-7-15(11-14)25-12-13(10-16(21)18(25)26)17-22-8-5-9-23-17/h4-16H,1-3H3,(H,30,33);4-12H,1-3H3,(H,24,27). The predicted molar refractivity (Wildman–Crippen MR) is 252 cm³/mol. The molecule has 0 unspecified atom stereocenters. The number of anilines is 2. The van der Waals surface area contributed by atoms with Crippen molar-refractivity contribution in [2.45, 2.75) is 52.7 Å². The van der Waals surface area contributed by atoms with E-state index >= 15 is 0 Å². The third-order valence-corrected chi connectivity index (χ3v) is 9.81. The Kier molecular flexibility index (Phi) is 14.1. The molecule has 0 saturated heterocycles. The third-order valence-electron chi connectivity index (χ3n) is 8.34. The van der Waals surface area contributed by atoms with Crippen LogP contribution in [-0.4, -0.2) is 52.5 Å². The number of rotatable bonds is 7. The second-order valence-electron chi connectivity index (χ2n) is 15.5. The zero-order chi connectivity index (χ0) is 44.6. The maximum atomic E-state index is 13.6. The number of carbonyl (C=O) groups is 2. The van der Waals surface area contributed by atoms with E-state index in [1.807, 2.05) is 46.9 Å². The van der Waals surface area contributed by atoms with Crippen molar-refractivity contribution in [3.8, 4) is 45.3 Å². The van der Waals surface area contributed by atoms with E-state index in [4.69, 9.17) is 9.47 Å². The Hall–Kier alpha value is -6.53. The molecular formula is C46H42BrIN8O6. The molecule has 316 valence electrons. The summed E-state index contributed by atoms with van der Waals surface area (Å²) in [4.78, 5) is 67.7. The molecule has 0 aliphatic heterocycles. The van der Waals surface area contributed by atoms with Gasteiger partial charge >= 0.3 is 12.2 Å². The van der Waals surface area contributed by atoms with Crippen LogP contribution in [0.1, 0.15) is 41.5 Å². The summed E-state index contributed by atoms with van der Waals surface area (Å²) in [5.74, 6) is 1.02. The minimum atomic E-state index is -0.624. The first-order valence-corrected chi connectivity index (χ1v) is 21.0. The first-order valence-electron chi connectivity index (χ1n) is 19.1. The van der Waals surface area contributed by atoms with Crippen LogP contribution in [0.25, 0.3) is 45.3 Å². The number of hydrogen-bond acceptors (Lipinski definition) is 10. The van der Waals surface area contributed by atoms with Gasteiger partial charge in [-0.2, -0.15) is 0 Å². The van der Waals surface area contributed by atoms with Gasteiger partial charge < -0.3 is 9.47 Å². The highest BCUT2D eigenvalue weighted by molar-refractivity contribution is 14.1. The van der Waals surface area contributed by atoms with Crippen LogP contribution in [0.3, 0.4) is 0 Å². The van der Waals surface area contributed by atoms with E-state index < -0.39 is 23.4 Å². The minimum absolute atomic E-state index is 0.172. The van der Waals surface area contributed by atoms with Crippen LogP contribution in [0.5, 0.6) is 0 Å². The number of amides is 2. The SMILES string of the molecule is CC(C)(C)OC(=O)Nc1cccc(-n2cc(-c3ncccn3)cc(-c3ccccc3Br)c2=O)c1.CC(C)(C)OC(=O)Nc1cccc(-n2cc(-c3ncccn3)cc(I)c2=O)c1. The molecule has 4 aromatic heterocycles. The van der Waals surface area contributed by atoms with E-state index in [0.29, 0.717) is 49.1 Å². The molecule has 0 atom stereocenters. The zero-order valence-electron chi connectivity index (χ0n) is 34.6. The van der Waals surface area contributed by atoms with Crippen molar-refractivity contribution in [2.24, 2.45) is 0 Å². The van der Waals surface area contributed by atoms with Gasteiger partial charge in [0.15, 0.2) is 11.6 Å². The average molecular weight is 1010 g/mol. The number of pyridine rings is 2. The molecule has 62 heavy (non-hydrogen) atoms. The van der Waals surface area contributed by atoms with Gasteiger partial charge in [-0.05, 0) is 131 Å². The number of nitrogens with zero attached hydrogens (tertiary/aromatic N) is 6. The van der Waals surface area contributed by atoms with Crippen LogP contribution in [0.4, 0.5) is 21.0 Å². The van der Waals surface area contributed by atoms with Crippen LogP contribution >= 0.6 is 38.5 Å². The highest BCUT2D eigenvalue weighted by atomic mass is 127. The average Bonchev–Trinajstić information content (AvgIpc) is 3.22. The molecule has 0 fully saturated rings. The maximum absolute atomic E-state index is 13.6. The van der Waals surface area contributed by atoms with E-state index in [-0.39, 0.29) is 11.1 Å². The van der Waals surface area contributed by atoms with Crippen LogP contribution in [0.15, 0.2) is 148 Å². The number of nitrogens with one attached hydrogen (secondary N) is 2. The molecule has 16 heteroatoms. The molecule has 14 nitrogen and oxygen atoms in total. The molecule has 2 amide bonds. The number of hydrogen-bond donors (Lipinski definition) is 2. The monoisotopic (exact) mass is 1010 g/mol. The Morgan fingerprint density at radius 2 is 1.03 bits per heavy atom. The van der Waals surface area contributed by atoms with Crippen molar-refractivity contribution >= 4 is 62.1 Å². The van der Waals surface area contributed by atoms with E-state index in [9.17, 15) is 19.2 Å². The summed E-state index contributed by atoms with van der Waals surface area (Å²) in [5, 5.41) is 5.41. The topological polar surface area (TPSA) is 172 Å². The quantitative estimate of drug-likeness (QED) is 0.146. The Balaban J connectivity index is 0.000000211. The van der Waals surface area contributed by atoms with Gasteiger partial charge in [-0.1, -0.05) is 46.3 Å².